The van der Waals surface area contributed by atoms with Gasteiger partial charge in [-0.05, 0) is 67.3 Å². The van der Waals surface area contributed by atoms with Gasteiger partial charge in [-0.1, -0.05) is 52.7 Å². The minimum Gasteiger partial charge on any atom is -0.351 e. The summed E-state index contributed by atoms with van der Waals surface area (Å²) in [6, 6.07) is 19.6. The highest BCUT2D eigenvalue weighted by molar-refractivity contribution is 7.80. The van der Waals surface area contributed by atoms with Crippen LogP contribution >= 0.6 is 35.2 Å². The molecule has 5 nitrogen and oxygen atoms in total. The smallest absolute Gasteiger partial charge is 0.258 e. The van der Waals surface area contributed by atoms with Gasteiger partial charge in [0.25, 0.3) is 5.89 Å². The van der Waals surface area contributed by atoms with E-state index in [2.05, 4.69) is 41.7 Å². The molecular formula is C24H19ClN4OS2. The molecule has 2 aromatic carbocycles. The van der Waals surface area contributed by atoms with E-state index in [9.17, 15) is 0 Å². The van der Waals surface area contributed by atoms with Crippen LogP contribution in [0.25, 0.3) is 16.3 Å². The highest BCUT2D eigenvalue weighted by Crippen LogP contribution is 2.39. The zero-order valence-electron chi connectivity index (χ0n) is 17.4. The largest absolute Gasteiger partial charge is 0.351 e. The number of hydrogen-bond acceptors (Lipinski definition) is 5. The average Bonchev–Trinajstić information content (AvgIpc) is 3.47. The van der Waals surface area contributed by atoms with Gasteiger partial charge in [0, 0.05) is 16.4 Å². The molecule has 32 heavy (non-hydrogen) atoms. The summed E-state index contributed by atoms with van der Waals surface area (Å²) >= 11 is 13.5. The molecule has 0 spiro atoms. The molecule has 1 unspecified atom stereocenters. The Bertz CT molecular complexity index is 1290. The van der Waals surface area contributed by atoms with Gasteiger partial charge in [0.15, 0.2) is 5.11 Å². The maximum atomic E-state index is 6.13. The van der Waals surface area contributed by atoms with Gasteiger partial charge in [0.2, 0.25) is 5.82 Å². The highest BCUT2D eigenvalue weighted by Gasteiger charge is 2.34. The second kappa shape index (κ2) is 8.50. The molecule has 4 aromatic rings. The standard InChI is InChI=1S/C24H19ClN4OS2/c1-14-5-11-18(12-6-14)29-15(2)20(23-27-22(28-30-23)19-4-3-13-32-19)21(26-24(29)31)16-7-9-17(25)10-8-16/h3-13,21H,1-2H3,(H,26,31). The van der Waals surface area contributed by atoms with Gasteiger partial charge < -0.3 is 9.84 Å². The second-order valence-corrected chi connectivity index (χ2v) is 9.28. The third-order valence-corrected chi connectivity index (χ3v) is 6.80. The Labute approximate surface area is 200 Å². The van der Waals surface area contributed by atoms with E-state index in [4.69, 9.17) is 33.3 Å². The molecule has 1 aliphatic heterocycles. The van der Waals surface area contributed by atoms with Gasteiger partial charge in [-0.2, -0.15) is 4.98 Å². The Morgan fingerprint density at radius 1 is 1.06 bits per heavy atom. The molecule has 1 aliphatic rings. The zero-order valence-corrected chi connectivity index (χ0v) is 19.8. The van der Waals surface area contributed by atoms with Crippen molar-refractivity contribution in [2.45, 2.75) is 19.9 Å². The molecule has 3 heterocycles. The Morgan fingerprint density at radius 3 is 2.50 bits per heavy atom. The highest BCUT2D eigenvalue weighted by atomic mass is 35.5. The summed E-state index contributed by atoms with van der Waals surface area (Å²) < 4.78 is 5.76. The van der Waals surface area contributed by atoms with Crippen LogP contribution in [0.1, 0.15) is 30.0 Å². The van der Waals surface area contributed by atoms with Crippen LogP contribution in [0, 0.1) is 6.92 Å². The fourth-order valence-corrected chi connectivity index (χ4v) is 4.90. The molecule has 160 valence electrons. The summed E-state index contributed by atoms with van der Waals surface area (Å²) in [5.41, 5.74) is 4.96. The van der Waals surface area contributed by atoms with Crippen molar-refractivity contribution >= 4 is 51.5 Å². The molecule has 0 saturated heterocycles. The molecule has 0 radical (unpaired) electrons. The number of anilines is 1. The fraction of sp³-hybridized carbons (Fsp3) is 0.125. The van der Waals surface area contributed by atoms with Crippen molar-refractivity contribution in [3.8, 4) is 10.7 Å². The zero-order chi connectivity index (χ0) is 22.2. The van der Waals surface area contributed by atoms with Crippen molar-refractivity contribution in [1.82, 2.24) is 15.5 Å². The monoisotopic (exact) mass is 478 g/mol. The van der Waals surface area contributed by atoms with E-state index >= 15 is 0 Å². The average molecular weight is 479 g/mol. The first kappa shape index (κ1) is 20.9. The maximum absolute atomic E-state index is 6.13. The van der Waals surface area contributed by atoms with E-state index in [0.29, 0.717) is 21.9 Å². The molecule has 2 aromatic heterocycles. The number of rotatable bonds is 4. The SMILES string of the molecule is CC1=C(c2nc(-c3cccs3)no2)C(c2ccc(Cl)cc2)NC(=S)N1c1ccc(C)cc1. The lowest BCUT2D eigenvalue weighted by atomic mass is 9.94. The summed E-state index contributed by atoms with van der Waals surface area (Å²) in [4.78, 5) is 7.69. The van der Waals surface area contributed by atoms with Crippen LogP contribution in [0.4, 0.5) is 5.69 Å². The first-order valence-electron chi connectivity index (χ1n) is 10.0. The summed E-state index contributed by atoms with van der Waals surface area (Å²) in [6.45, 7) is 4.09. The number of aromatic nitrogens is 2. The molecule has 5 rings (SSSR count). The van der Waals surface area contributed by atoms with E-state index in [-0.39, 0.29) is 6.04 Å². The number of halogens is 1. The number of nitrogens with one attached hydrogen (secondary N) is 1. The molecule has 1 atom stereocenters. The molecule has 0 fully saturated rings. The molecule has 0 saturated carbocycles. The van der Waals surface area contributed by atoms with E-state index in [0.717, 1.165) is 27.4 Å². The Morgan fingerprint density at radius 2 is 1.81 bits per heavy atom. The number of thiophene rings is 1. The molecule has 0 amide bonds. The molecule has 0 bridgehead atoms. The van der Waals surface area contributed by atoms with Crippen LogP contribution in [-0.4, -0.2) is 15.3 Å². The van der Waals surface area contributed by atoms with E-state index in [1.165, 1.54) is 5.56 Å². The first-order valence-corrected chi connectivity index (χ1v) is 11.7. The third-order valence-electron chi connectivity index (χ3n) is 5.38. The van der Waals surface area contributed by atoms with Crippen LogP contribution in [0.5, 0.6) is 0 Å². The number of allylic oxidation sites excluding steroid dienone is 1. The number of nitrogens with zero attached hydrogens (tertiary/aromatic N) is 3. The van der Waals surface area contributed by atoms with Crippen molar-refractivity contribution in [3.05, 3.63) is 93.8 Å². The van der Waals surface area contributed by atoms with Crippen molar-refractivity contribution in [2.24, 2.45) is 0 Å². The summed E-state index contributed by atoms with van der Waals surface area (Å²) in [6.07, 6.45) is 0. The topological polar surface area (TPSA) is 54.2 Å². The van der Waals surface area contributed by atoms with Crippen molar-refractivity contribution < 1.29 is 4.52 Å². The number of thiocarbonyl (C=S) groups is 1. The van der Waals surface area contributed by atoms with Crippen molar-refractivity contribution in [3.63, 3.8) is 0 Å². The predicted molar refractivity (Wildman–Crippen MR) is 134 cm³/mol. The van der Waals surface area contributed by atoms with Gasteiger partial charge in [-0.25, -0.2) is 0 Å². The molecule has 8 heteroatoms. The molecule has 0 aliphatic carbocycles. The van der Waals surface area contributed by atoms with Gasteiger partial charge in [0.1, 0.15) is 0 Å². The minimum absolute atomic E-state index is 0.252. The first-order chi connectivity index (χ1) is 15.5. The van der Waals surface area contributed by atoms with Crippen LogP contribution in [0.3, 0.4) is 0 Å². The van der Waals surface area contributed by atoms with Gasteiger partial charge >= 0.3 is 0 Å². The van der Waals surface area contributed by atoms with Crippen LogP contribution < -0.4 is 10.2 Å². The van der Waals surface area contributed by atoms with E-state index in [1.807, 2.05) is 53.6 Å². The Hall–Kier alpha value is -3.00. The lowest BCUT2D eigenvalue weighted by Gasteiger charge is -2.37. The maximum Gasteiger partial charge on any atom is 0.258 e. The second-order valence-electron chi connectivity index (χ2n) is 7.50. The summed E-state index contributed by atoms with van der Waals surface area (Å²) in [7, 11) is 0. The van der Waals surface area contributed by atoms with E-state index in [1.54, 1.807) is 11.3 Å². The van der Waals surface area contributed by atoms with Gasteiger partial charge in [0.05, 0.1) is 16.5 Å². The normalized spacial score (nSPS) is 16.4. The van der Waals surface area contributed by atoms with Gasteiger partial charge in [-0.15, -0.1) is 11.3 Å². The van der Waals surface area contributed by atoms with Crippen LogP contribution in [-0.2, 0) is 0 Å². The number of hydrogen-bond donors (Lipinski definition) is 1. The summed E-state index contributed by atoms with van der Waals surface area (Å²) in [5, 5.41) is 11.0. The van der Waals surface area contributed by atoms with E-state index < -0.39 is 0 Å². The lowest BCUT2D eigenvalue weighted by Crippen LogP contribution is -2.46. The summed E-state index contributed by atoms with van der Waals surface area (Å²) in [5.74, 6) is 1.03. The van der Waals surface area contributed by atoms with Crippen LogP contribution in [0.2, 0.25) is 5.02 Å². The third kappa shape index (κ3) is 3.83. The lowest BCUT2D eigenvalue weighted by molar-refractivity contribution is 0.404. The predicted octanol–water partition coefficient (Wildman–Crippen LogP) is 6.63. The molecular weight excluding hydrogens is 460 g/mol. The van der Waals surface area contributed by atoms with Crippen molar-refractivity contribution in [2.75, 3.05) is 4.90 Å². The number of aryl methyl sites for hydroxylation is 1. The fourth-order valence-electron chi connectivity index (χ4n) is 3.77. The Balaban J connectivity index is 1.66. The quantitative estimate of drug-likeness (QED) is 0.332. The van der Waals surface area contributed by atoms with Gasteiger partial charge in [-0.3, -0.25) is 4.90 Å². The minimum atomic E-state index is -0.252. The van der Waals surface area contributed by atoms with Crippen LogP contribution in [0.15, 0.2) is 76.3 Å². The number of benzene rings is 2. The van der Waals surface area contributed by atoms with Crippen molar-refractivity contribution in [1.29, 1.82) is 0 Å². The molecule has 1 N–H and O–H groups in total. The Kier molecular flexibility index (Phi) is 5.55.